The molecule has 0 bridgehead atoms. The number of oxazole rings is 1. The first-order valence-corrected chi connectivity index (χ1v) is 9.52. The average molecular weight is 380 g/mol. The van der Waals surface area contributed by atoms with Crippen LogP contribution in [-0.2, 0) is 17.8 Å². The van der Waals surface area contributed by atoms with Gasteiger partial charge in [0, 0.05) is 31.9 Å². The van der Waals surface area contributed by atoms with Gasteiger partial charge in [-0.2, -0.15) is 0 Å². The Morgan fingerprint density at radius 2 is 2.18 bits per heavy atom. The number of piperidine rings is 1. The predicted octanol–water partition coefficient (Wildman–Crippen LogP) is 2.88. The minimum Gasteiger partial charge on any atom is -0.497 e. The molecule has 1 aliphatic rings. The van der Waals surface area contributed by atoms with Crippen LogP contribution in [-0.4, -0.2) is 45.5 Å². The van der Waals surface area contributed by atoms with Gasteiger partial charge in [-0.25, -0.2) is 9.97 Å². The van der Waals surface area contributed by atoms with Crippen LogP contribution in [0.5, 0.6) is 5.75 Å². The summed E-state index contributed by atoms with van der Waals surface area (Å²) in [7, 11) is 1.66. The first kappa shape index (κ1) is 18.3. The molecule has 1 fully saturated rings. The van der Waals surface area contributed by atoms with E-state index < -0.39 is 0 Å². The van der Waals surface area contributed by atoms with Crippen molar-refractivity contribution in [2.45, 2.75) is 31.7 Å². The molecule has 0 saturated carbocycles. The summed E-state index contributed by atoms with van der Waals surface area (Å²) in [5, 5.41) is 0. The molecular formula is C21H24N4O3. The summed E-state index contributed by atoms with van der Waals surface area (Å²) >= 11 is 0. The van der Waals surface area contributed by atoms with Gasteiger partial charge < -0.3 is 18.6 Å². The number of amides is 1. The lowest BCUT2D eigenvalue weighted by atomic mass is 9.98. The fraction of sp³-hybridized carbons (Fsp3) is 0.381. The van der Waals surface area contributed by atoms with Crippen LogP contribution in [0.1, 0.15) is 36.0 Å². The highest BCUT2D eigenvalue weighted by Gasteiger charge is 2.27. The number of hydrogen-bond donors (Lipinski definition) is 0. The number of methoxy groups -OCH3 is 1. The highest BCUT2D eigenvalue weighted by molar-refractivity contribution is 5.76. The molecular weight excluding hydrogens is 356 g/mol. The average Bonchev–Trinajstić information content (AvgIpc) is 3.41. The number of rotatable bonds is 6. The molecule has 3 heterocycles. The van der Waals surface area contributed by atoms with Crippen molar-refractivity contribution in [1.29, 1.82) is 0 Å². The van der Waals surface area contributed by atoms with Crippen LogP contribution in [0.3, 0.4) is 0 Å². The number of imidazole rings is 1. The van der Waals surface area contributed by atoms with Gasteiger partial charge >= 0.3 is 0 Å². The van der Waals surface area contributed by atoms with Gasteiger partial charge in [-0.3, -0.25) is 4.79 Å². The summed E-state index contributed by atoms with van der Waals surface area (Å²) in [6.07, 6.45) is 9.58. The Bertz CT molecular complexity index is 902. The lowest BCUT2D eigenvalue weighted by molar-refractivity contribution is -0.133. The second-order valence-electron chi connectivity index (χ2n) is 7.10. The molecule has 1 aliphatic heterocycles. The van der Waals surface area contributed by atoms with E-state index in [9.17, 15) is 4.79 Å². The molecule has 2 aromatic heterocycles. The number of carbonyl (C=O) groups excluding carboxylic acids is 1. The van der Waals surface area contributed by atoms with Gasteiger partial charge in [0.1, 0.15) is 18.1 Å². The van der Waals surface area contributed by atoms with Gasteiger partial charge in [0.2, 0.25) is 5.91 Å². The Hall–Kier alpha value is -3.09. The number of hydrogen-bond acceptors (Lipinski definition) is 5. The standard InChI is InChI=1S/C21H24N4O3/c1-27-18-6-4-16(5-7-18)11-19-12-23-21(28-19)17-3-2-9-25(13-17)20(26)14-24-10-8-22-15-24/h4-8,10,12,15,17H,2-3,9,11,13-14H2,1H3/t17-/m0/s1. The van der Waals surface area contributed by atoms with Crippen molar-refractivity contribution in [3.05, 3.63) is 66.4 Å². The quantitative estimate of drug-likeness (QED) is 0.657. The predicted molar refractivity (Wildman–Crippen MR) is 103 cm³/mol. The molecule has 28 heavy (non-hydrogen) atoms. The van der Waals surface area contributed by atoms with Gasteiger partial charge in [-0.1, -0.05) is 12.1 Å². The minimum absolute atomic E-state index is 0.104. The summed E-state index contributed by atoms with van der Waals surface area (Å²) in [6, 6.07) is 7.94. The van der Waals surface area contributed by atoms with E-state index in [4.69, 9.17) is 9.15 Å². The SMILES string of the molecule is COc1ccc(Cc2cnc([C@H]3CCCN(C(=O)Cn4ccnc4)C3)o2)cc1. The summed E-state index contributed by atoms with van der Waals surface area (Å²) in [4.78, 5) is 22.9. The van der Waals surface area contributed by atoms with E-state index in [-0.39, 0.29) is 11.8 Å². The fourth-order valence-electron chi connectivity index (χ4n) is 3.58. The van der Waals surface area contributed by atoms with E-state index in [1.807, 2.05) is 29.2 Å². The number of carbonyl (C=O) groups is 1. The lowest BCUT2D eigenvalue weighted by Crippen LogP contribution is -2.40. The van der Waals surface area contributed by atoms with Crippen LogP contribution >= 0.6 is 0 Å². The Kier molecular flexibility index (Phi) is 5.41. The smallest absolute Gasteiger partial charge is 0.242 e. The summed E-state index contributed by atoms with van der Waals surface area (Å²) < 4.78 is 13.0. The molecule has 1 amide bonds. The zero-order valence-corrected chi connectivity index (χ0v) is 16.0. The number of benzene rings is 1. The molecule has 1 atom stereocenters. The van der Waals surface area contributed by atoms with E-state index in [2.05, 4.69) is 9.97 Å². The van der Waals surface area contributed by atoms with Crippen molar-refractivity contribution in [3.8, 4) is 5.75 Å². The fourth-order valence-corrected chi connectivity index (χ4v) is 3.58. The number of aromatic nitrogens is 3. The van der Waals surface area contributed by atoms with E-state index in [1.54, 1.807) is 36.6 Å². The Morgan fingerprint density at radius 1 is 1.32 bits per heavy atom. The first-order valence-electron chi connectivity index (χ1n) is 9.52. The van der Waals surface area contributed by atoms with Crippen molar-refractivity contribution in [1.82, 2.24) is 19.4 Å². The molecule has 4 rings (SSSR count). The van der Waals surface area contributed by atoms with E-state index in [0.29, 0.717) is 19.5 Å². The Balaban J connectivity index is 1.37. The van der Waals surface area contributed by atoms with Gasteiger partial charge in [0.05, 0.1) is 25.6 Å². The molecule has 7 heteroatoms. The van der Waals surface area contributed by atoms with Crippen LogP contribution in [0.25, 0.3) is 0 Å². The van der Waals surface area contributed by atoms with Gasteiger partial charge in [0.25, 0.3) is 0 Å². The highest BCUT2D eigenvalue weighted by Crippen LogP contribution is 2.27. The number of ether oxygens (including phenoxy) is 1. The highest BCUT2D eigenvalue weighted by atomic mass is 16.5. The zero-order chi connectivity index (χ0) is 19.3. The van der Waals surface area contributed by atoms with Crippen LogP contribution in [0.4, 0.5) is 0 Å². The van der Waals surface area contributed by atoms with Crippen LogP contribution < -0.4 is 4.74 Å². The molecule has 1 aromatic carbocycles. The monoisotopic (exact) mass is 380 g/mol. The Labute approximate surface area is 164 Å². The third-order valence-electron chi connectivity index (χ3n) is 5.11. The third kappa shape index (κ3) is 4.24. The van der Waals surface area contributed by atoms with E-state index in [1.165, 1.54) is 0 Å². The van der Waals surface area contributed by atoms with Crippen LogP contribution in [0.15, 0.2) is 53.6 Å². The second-order valence-corrected chi connectivity index (χ2v) is 7.10. The molecule has 0 N–H and O–H groups in total. The first-order chi connectivity index (χ1) is 13.7. The van der Waals surface area contributed by atoms with Crippen LogP contribution in [0.2, 0.25) is 0 Å². The molecule has 7 nitrogen and oxygen atoms in total. The molecule has 0 radical (unpaired) electrons. The maximum atomic E-state index is 12.6. The third-order valence-corrected chi connectivity index (χ3v) is 5.11. The molecule has 0 unspecified atom stereocenters. The van der Waals surface area contributed by atoms with E-state index in [0.717, 1.165) is 42.4 Å². The van der Waals surface area contributed by atoms with Gasteiger partial charge in [-0.05, 0) is 30.5 Å². The molecule has 0 aliphatic carbocycles. The van der Waals surface area contributed by atoms with Crippen molar-refractivity contribution in [2.75, 3.05) is 20.2 Å². The molecule has 1 saturated heterocycles. The maximum absolute atomic E-state index is 12.6. The number of nitrogens with zero attached hydrogens (tertiary/aromatic N) is 4. The topological polar surface area (TPSA) is 73.4 Å². The molecule has 3 aromatic rings. The van der Waals surface area contributed by atoms with Crippen molar-refractivity contribution >= 4 is 5.91 Å². The largest absolute Gasteiger partial charge is 0.497 e. The summed E-state index contributed by atoms with van der Waals surface area (Å²) in [6.45, 7) is 1.75. The molecule has 146 valence electrons. The Morgan fingerprint density at radius 3 is 2.93 bits per heavy atom. The van der Waals surface area contributed by atoms with Crippen molar-refractivity contribution < 1.29 is 13.9 Å². The number of likely N-dealkylation sites (tertiary alicyclic amines) is 1. The zero-order valence-electron chi connectivity index (χ0n) is 16.0. The summed E-state index contributed by atoms with van der Waals surface area (Å²) in [5.74, 6) is 2.65. The lowest BCUT2D eigenvalue weighted by Gasteiger charge is -2.31. The normalized spacial score (nSPS) is 16.9. The van der Waals surface area contributed by atoms with Crippen LogP contribution in [0, 0.1) is 0 Å². The van der Waals surface area contributed by atoms with Crippen molar-refractivity contribution in [3.63, 3.8) is 0 Å². The second kappa shape index (κ2) is 8.29. The van der Waals surface area contributed by atoms with Gasteiger partial charge in [0.15, 0.2) is 5.89 Å². The van der Waals surface area contributed by atoms with E-state index >= 15 is 0 Å². The molecule has 0 spiro atoms. The van der Waals surface area contributed by atoms with Crippen molar-refractivity contribution in [2.24, 2.45) is 0 Å². The summed E-state index contributed by atoms with van der Waals surface area (Å²) in [5.41, 5.74) is 1.14. The van der Waals surface area contributed by atoms with Gasteiger partial charge in [-0.15, -0.1) is 0 Å². The minimum atomic E-state index is 0.104. The maximum Gasteiger partial charge on any atom is 0.242 e.